The summed E-state index contributed by atoms with van der Waals surface area (Å²) in [5.41, 5.74) is 3.53. The summed E-state index contributed by atoms with van der Waals surface area (Å²) in [6.07, 6.45) is 1.04. The molecule has 0 spiro atoms. The van der Waals surface area contributed by atoms with Gasteiger partial charge in [0.2, 0.25) is 11.8 Å². The van der Waals surface area contributed by atoms with Crippen LogP contribution in [0.5, 0.6) is 0 Å². The zero-order chi connectivity index (χ0) is 23.6. The molecule has 0 heterocycles. The van der Waals surface area contributed by atoms with Gasteiger partial charge < -0.3 is 20.9 Å². The molecule has 3 aromatic carbocycles. The summed E-state index contributed by atoms with van der Waals surface area (Å²) < 4.78 is 0. The molecule has 0 bridgehead atoms. The van der Waals surface area contributed by atoms with Crippen LogP contribution in [0.3, 0.4) is 0 Å². The molecule has 0 unspecified atom stereocenters. The first-order chi connectivity index (χ1) is 15.9. The van der Waals surface area contributed by atoms with Crippen LogP contribution in [-0.2, 0) is 16.0 Å². The summed E-state index contributed by atoms with van der Waals surface area (Å²) in [4.78, 5) is 38.2. The molecular formula is C26H28N4O3. The lowest BCUT2D eigenvalue weighted by molar-refractivity contribution is -0.116. The second-order valence-corrected chi connectivity index (χ2v) is 7.80. The van der Waals surface area contributed by atoms with Crippen molar-refractivity contribution in [2.45, 2.75) is 12.8 Å². The van der Waals surface area contributed by atoms with Crippen LogP contribution in [0, 0.1) is 0 Å². The monoisotopic (exact) mass is 444 g/mol. The Morgan fingerprint density at radius 2 is 1.36 bits per heavy atom. The number of hydrogen-bond acceptors (Lipinski definition) is 4. The van der Waals surface area contributed by atoms with Crippen molar-refractivity contribution < 1.29 is 14.4 Å². The highest BCUT2D eigenvalue weighted by atomic mass is 16.2. The molecular weight excluding hydrogens is 416 g/mol. The number of carbonyl (C=O) groups is 3. The fourth-order valence-corrected chi connectivity index (χ4v) is 3.21. The minimum Gasteiger partial charge on any atom is -0.376 e. The van der Waals surface area contributed by atoms with E-state index in [1.165, 1.54) is 4.90 Å². The van der Waals surface area contributed by atoms with Crippen molar-refractivity contribution in [2.75, 3.05) is 36.6 Å². The molecule has 7 heteroatoms. The topological polar surface area (TPSA) is 90.5 Å². The number of amides is 3. The minimum absolute atomic E-state index is 0.0350. The molecule has 0 aliphatic rings. The molecule has 0 atom stereocenters. The third-order valence-corrected chi connectivity index (χ3v) is 4.88. The van der Waals surface area contributed by atoms with Crippen molar-refractivity contribution in [1.82, 2.24) is 4.90 Å². The van der Waals surface area contributed by atoms with E-state index in [4.69, 9.17) is 0 Å². The summed E-state index contributed by atoms with van der Waals surface area (Å²) >= 11 is 0. The molecule has 3 N–H and O–H groups in total. The Morgan fingerprint density at radius 3 is 2.06 bits per heavy atom. The lowest BCUT2D eigenvalue weighted by atomic mass is 10.1. The van der Waals surface area contributed by atoms with Gasteiger partial charge in [-0.25, -0.2) is 0 Å². The van der Waals surface area contributed by atoms with Gasteiger partial charge in [-0.3, -0.25) is 14.4 Å². The number of nitrogens with one attached hydrogen (secondary N) is 3. The number of benzene rings is 3. The Kier molecular flexibility index (Phi) is 8.18. The molecule has 170 valence electrons. The van der Waals surface area contributed by atoms with Crippen molar-refractivity contribution in [3.8, 4) is 0 Å². The SMILES string of the molecule is CN(C)C(=O)c1cccc(NCC(=O)Nc2cccc(NC(=O)CCc3ccccc3)c2)c1. The number of carbonyl (C=O) groups excluding carboxylic acids is 3. The molecule has 3 aromatic rings. The first kappa shape index (κ1) is 23.5. The van der Waals surface area contributed by atoms with Crippen molar-refractivity contribution in [3.05, 3.63) is 90.0 Å². The second kappa shape index (κ2) is 11.5. The molecule has 7 nitrogen and oxygen atoms in total. The first-order valence-corrected chi connectivity index (χ1v) is 10.7. The Morgan fingerprint density at radius 1 is 0.727 bits per heavy atom. The average molecular weight is 445 g/mol. The van der Waals surface area contributed by atoms with Crippen molar-refractivity contribution in [1.29, 1.82) is 0 Å². The van der Waals surface area contributed by atoms with Gasteiger partial charge in [-0.15, -0.1) is 0 Å². The second-order valence-electron chi connectivity index (χ2n) is 7.80. The van der Waals surface area contributed by atoms with E-state index < -0.39 is 0 Å². The van der Waals surface area contributed by atoms with Gasteiger partial charge in [0.15, 0.2) is 0 Å². The Balaban J connectivity index is 1.49. The maximum atomic E-state index is 12.4. The van der Waals surface area contributed by atoms with Crippen LogP contribution in [0.1, 0.15) is 22.3 Å². The van der Waals surface area contributed by atoms with Crippen LogP contribution in [0.4, 0.5) is 17.1 Å². The van der Waals surface area contributed by atoms with E-state index in [-0.39, 0.29) is 24.3 Å². The summed E-state index contributed by atoms with van der Waals surface area (Å²) in [5.74, 6) is -0.436. The van der Waals surface area contributed by atoms with Crippen molar-refractivity contribution in [3.63, 3.8) is 0 Å². The third kappa shape index (κ3) is 7.50. The Bertz CT molecular complexity index is 1110. The van der Waals surface area contributed by atoms with Crippen LogP contribution in [0.2, 0.25) is 0 Å². The molecule has 0 aromatic heterocycles. The molecule has 0 aliphatic heterocycles. The van der Waals surface area contributed by atoms with Gasteiger partial charge in [-0.05, 0) is 48.4 Å². The highest BCUT2D eigenvalue weighted by Crippen LogP contribution is 2.16. The predicted octanol–water partition coefficient (Wildman–Crippen LogP) is 4.01. The molecule has 0 fully saturated rings. The standard InChI is InChI=1S/C26H28N4O3/c1-30(2)26(33)20-10-6-11-21(16-20)27-18-25(32)29-23-13-7-12-22(17-23)28-24(31)15-14-19-8-4-3-5-9-19/h3-13,16-17,27H,14-15,18H2,1-2H3,(H,28,31)(H,29,32). The predicted molar refractivity (Wildman–Crippen MR) is 131 cm³/mol. The lowest BCUT2D eigenvalue weighted by Gasteiger charge is -2.12. The molecule has 3 rings (SSSR count). The summed E-state index contributed by atoms with van der Waals surface area (Å²) in [6.45, 7) is 0.0350. The van der Waals surface area contributed by atoms with Crippen molar-refractivity contribution in [2.24, 2.45) is 0 Å². The molecule has 33 heavy (non-hydrogen) atoms. The van der Waals surface area contributed by atoms with Gasteiger partial charge in [0.1, 0.15) is 0 Å². The first-order valence-electron chi connectivity index (χ1n) is 10.7. The van der Waals surface area contributed by atoms with Crippen LogP contribution in [-0.4, -0.2) is 43.3 Å². The van der Waals surface area contributed by atoms with Gasteiger partial charge in [0, 0.05) is 43.1 Å². The van der Waals surface area contributed by atoms with E-state index in [1.807, 2.05) is 30.3 Å². The molecule has 3 amide bonds. The maximum absolute atomic E-state index is 12.4. The Hall–Kier alpha value is -4.13. The van der Waals surface area contributed by atoms with E-state index in [9.17, 15) is 14.4 Å². The van der Waals surface area contributed by atoms with E-state index in [2.05, 4.69) is 16.0 Å². The molecule has 0 saturated heterocycles. The smallest absolute Gasteiger partial charge is 0.253 e. The number of hydrogen-bond donors (Lipinski definition) is 3. The summed E-state index contributed by atoms with van der Waals surface area (Å²) in [7, 11) is 3.38. The minimum atomic E-state index is -0.244. The number of nitrogens with zero attached hydrogens (tertiary/aromatic N) is 1. The van der Waals surface area contributed by atoms with E-state index in [0.717, 1.165) is 5.56 Å². The van der Waals surface area contributed by atoms with Crippen LogP contribution in [0.25, 0.3) is 0 Å². The number of aryl methyl sites for hydroxylation is 1. The fraction of sp³-hybridized carbons (Fsp3) is 0.192. The maximum Gasteiger partial charge on any atom is 0.253 e. The fourth-order valence-electron chi connectivity index (χ4n) is 3.21. The van der Waals surface area contributed by atoms with Crippen LogP contribution >= 0.6 is 0 Å². The molecule has 0 aliphatic carbocycles. The van der Waals surface area contributed by atoms with E-state index >= 15 is 0 Å². The largest absolute Gasteiger partial charge is 0.376 e. The van der Waals surface area contributed by atoms with Crippen LogP contribution in [0.15, 0.2) is 78.9 Å². The van der Waals surface area contributed by atoms with Crippen molar-refractivity contribution >= 4 is 34.8 Å². The van der Waals surface area contributed by atoms with Gasteiger partial charge in [-0.2, -0.15) is 0 Å². The summed E-state index contributed by atoms with van der Waals surface area (Å²) in [5, 5.41) is 8.70. The van der Waals surface area contributed by atoms with Gasteiger partial charge >= 0.3 is 0 Å². The Labute approximate surface area is 193 Å². The summed E-state index contributed by atoms with van der Waals surface area (Å²) in [6, 6.07) is 23.9. The normalized spacial score (nSPS) is 10.2. The van der Waals surface area contributed by atoms with E-state index in [1.54, 1.807) is 62.6 Å². The van der Waals surface area contributed by atoms with Gasteiger partial charge in [0.25, 0.3) is 5.91 Å². The molecule has 0 saturated carbocycles. The molecule has 0 radical (unpaired) electrons. The zero-order valence-electron chi connectivity index (χ0n) is 18.8. The quantitative estimate of drug-likeness (QED) is 0.465. The third-order valence-electron chi connectivity index (χ3n) is 4.88. The highest BCUT2D eigenvalue weighted by Gasteiger charge is 2.09. The zero-order valence-corrected chi connectivity index (χ0v) is 18.8. The lowest BCUT2D eigenvalue weighted by Crippen LogP contribution is -2.23. The van der Waals surface area contributed by atoms with Gasteiger partial charge in [-0.1, -0.05) is 42.5 Å². The number of rotatable bonds is 9. The average Bonchev–Trinajstić information content (AvgIpc) is 2.82. The van der Waals surface area contributed by atoms with E-state index in [0.29, 0.717) is 35.5 Å². The van der Waals surface area contributed by atoms with Gasteiger partial charge in [0.05, 0.1) is 6.54 Å². The van der Waals surface area contributed by atoms with Crippen LogP contribution < -0.4 is 16.0 Å². The highest BCUT2D eigenvalue weighted by molar-refractivity contribution is 5.97. The number of anilines is 3.